The molecule has 1 fully saturated rings. The predicted octanol–water partition coefficient (Wildman–Crippen LogP) is 3.44. The van der Waals surface area contributed by atoms with Crippen LogP contribution in [0.25, 0.3) is 6.08 Å². The van der Waals surface area contributed by atoms with Crippen LogP contribution in [-0.4, -0.2) is 17.0 Å². The number of carbonyl (C=O) groups is 1. The van der Waals surface area contributed by atoms with E-state index in [4.69, 9.17) is 11.6 Å². The van der Waals surface area contributed by atoms with E-state index in [0.29, 0.717) is 5.88 Å². The van der Waals surface area contributed by atoms with E-state index in [1.165, 1.54) is 0 Å². The zero-order valence-electron chi connectivity index (χ0n) is 9.53. The molecule has 0 atom stereocenters. The number of carboxylic acid groups (broad SMARTS) is 1. The van der Waals surface area contributed by atoms with E-state index in [0.717, 1.165) is 30.4 Å². The van der Waals surface area contributed by atoms with Crippen molar-refractivity contribution in [1.29, 1.82) is 0 Å². The van der Waals surface area contributed by atoms with Gasteiger partial charge in [0.15, 0.2) is 0 Å². The zero-order valence-corrected chi connectivity index (χ0v) is 10.3. The number of benzene rings is 1. The second-order valence-electron chi connectivity index (χ2n) is 4.35. The second-order valence-corrected chi connectivity index (χ2v) is 4.73. The lowest BCUT2D eigenvalue weighted by atomic mass is 9.91. The third kappa shape index (κ3) is 2.37. The minimum Gasteiger partial charge on any atom is -0.481 e. The molecule has 0 aliphatic heterocycles. The molecule has 0 saturated heterocycles. The molecule has 1 saturated carbocycles. The summed E-state index contributed by atoms with van der Waals surface area (Å²) in [6.07, 6.45) is 6.24. The van der Waals surface area contributed by atoms with E-state index in [1.54, 1.807) is 0 Å². The van der Waals surface area contributed by atoms with Crippen LogP contribution < -0.4 is 0 Å². The maximum atomic E-state index is 11.3. The molecule has 1 aliphatic rings. The molecule has 1 aliphatic carbocycles. The molecule has 0 aromatic heterocycles. The molecule has 0 amide bonds. The molecule has 90 valence electrons. The average molecular weight is 251 g/mol. The van der Waals surface area contributed by atoms with Crippen LogP contribution in [0.2, 0.25) is 0 Å². The summed E-state index contributed by atoms with van der Waals surface area (Å²) in [4.78, 5) is 11.3. The highest BCUT2D eigenvalue weighted by atomic mass is 35.5. The second kappa shape index (κ2) is 4.92. The van der Waals surface area contributed by atoms with Crippen LogP contribution in [0.4, 0.5) is 0 Å². The van der Waals surface area contributed by atoms with Crippen LogP contribution in [0, 0.1) is 0 Å². The minimum absolute atomic E-state index is 0.586. The quantitative estimate of drug-likeness (QED) is 0.813. The fourth-order valence-electron chi connectivity index (χ4n) is 2.07. The molecule has 0 heterocycles. The molecule has 1 aromatic carbocycles. The zero-order chi connectivity index (χ0) is 12.3. The Kier molecular flexibility index (Phi) is 3.53. The van der Waals surface area contributed by atoms with Gasteiger partial charge in [0.1, 0.15) is 0 Å². The standard InChI is InChI=1S/C14H15ClO2/c15-10-4-3-6-11-5-1-2-7-12(11)14(8-9-14)13(16)17/h1-3,5-7H,4,8-10H2,(H,16,17). The molecule has 0 unspecified atom stereocenters. The smallest absolute Gasteiger partial charge is 0.314 e. The highest BCUT2D eigenvalue weighted by Crippen LogP contribution is 2.49. The number of hydrogen-bond donors (Lipinski definition) is 1. The summed E-state index contributed by atoms with van der Waals surface area (Å²) in [7, 11) is 0. The Labute approximate surface area is 106 Å². The summed E-state index contributed by atoms with van der Waals surface area (Å²) in [5.41, 5.74) is 1.29. The van der Waals surface area contributed by atoms with Crippen LogP contribution in [0.15, 0.2) is 30.3 Å². The number of halogens is 1. The topological polar surface area (TPSA) is 37.3 Å². The molecule has 3 heteroatoms. The van der Waals surface area contributed by atoms with Crippen molar-refractivity contribution in [2.45, 2.75) is 24.7 Å². The summed E-state index contributed by atoms with van der Waals surface area (Å²) < 4.78 is 0. The highest BCUT2D eigenvalue weighted by molar-refractivity contribution is 6.17. The van der Waals surface area contributed by atoms with Gasteiger partial charge in [0, 0.05) is 5.88 Å². The molecule has 1 aromatic rings. The Hall–Kier alpha value is -1.28. The maximum Gasteiger partial charge on any atom is 0.314 e. The Morgan fingerprint density at radius 3 is 2.71 bits per heavy atom. The molecular formula is C14H15ClO2. The summed E-state index contributed by atoms with van der Waals surface area (Å²) >= 11 is 5.61. The number of rotatable bonds is 5. The molecular weight excluding hydrogens is 236 g/mol. The first-order chi connectivity index (χ1) is 8.20. The van der Waals surface area contributed by atoms with E-state index in [-0.39, 0.29) is 0 Å². The van der Waals surface area contributed by atoms with Crippen molar-refractivity contribution in [2.75, 3.05) is 5.88 Å². The van der Waals surface area contributed by atoms with Crippen LogP contribution in [0.1, 0.15) is 30.4 Å². The first-order valence-electron chi connectivity index (χ1n) is 5.76. The van der Waals surface area contributed by atoms with Crippen molar-refractivity contribution >= 4 is 23.6 Å². The number of carboxylic acids is 1. The summed E-state index contributed by atoms with van der Waals surface area (Å²) in [5, 5.41) is 9.31. The van der Waals surface area contributed by atoms with Gasteiger partial charge >= 0.3 is 5.97 Å². The van der Waals surface area contributed by atoms with Gasteiger partial charge in [0.25, 0.3) is 0 Å². The van der Waals surface area contributed by atoms with E-state index in [9.17, 15) is 9.90 Å². The first kappa shape index (κ1) is 12.2. The Morgan fingerprint density at radius 1 is 1.41 bits per heavy atom. The van der Waals surface area contributed by atoms with Crippen LogP contribution in [0.3, 0.4) is 0 Å². The van der Waals surface area contributed by atoms with Gasteiger partial charge in [-0.3, -0.25) is 4.79 Å². The van der Waals surface area contributed by atoms with Gasteiger partial charge < -0.3 is 5.11 Å². The number of hydrogen-bond acceptors (Lipinski definition) is 1. The van der Waals surface area contributed by atoms with E-state index in [2.05, 4.69) is 0 Å². The minimum atomic E-state index is -0.712. The fraction of sp³-hybridized carbons (Fsp3) is 0.357. The third-order valence-corrected chi connectivity index (χ3v) is 3.43. The lowest BCUT2D eigenvalue weighted by Gasteiger charge is -2.13. The molecule has 2 nitrogen and oxygen atoms in total. The molecule has 0 radical (unpaired) electrons. The van der Waals surface area contributed by atoms with Gasteiger partial charge in [-0.25, -0.2) is 0 Å². The van der Waals surface area contributed by atoms with Crippen molar-refractivity contribution in [3.05, 3.63) is 41.5 Å². The van der Waals surface area contributed by atoms with Gasteiger partial charge in [-0.2, -0.15) is 0 Å². The Morgan fingerprint density at radius 2 is 2.12 bits per heavy atom. The molecule has 1 N–H and O–H groups in total. The van der Waals surface area contributed by atoms with Crippen molar-refractivity contribution < 1.29 is 9.90 Å². The van der Waals surface area contributed by atoms with Crippen molar-refractivity contribution in [1.82, 2.24) is 0 Å². The predicted molar refractivity (Wildman–Crippen MR) is 69.4 cm³/mol. The Bertz CT molecular complexity index is 447. The van der Waals surface area contributed by atoms with Crippen LogP contribution in [0.5, 0.6) is 0 Å². The SMILES string of the molecule is O=C(O)C1(c2ccccc2C=CCCCl)CC1. The highest BCUT2D eigenvalue weighted by Gasteiger charge is 2.52. The van der Waals surface area contributed by atoms with Crippen molar-refractivity contribution in [2.24, 2.45) is 0 Å². The number of allylic oxidation sites excluding steroid dienone is 1. The van der Waals surface area contributed by atoms with E-state index in [1.807, 2.05) is 36.4 Å². The van der Waals surface area contributed by atoms with Crippen LogP contribution in [-0.2, 0) is 10.2 Å². The normalized spacial score (nSPS) is 17.2. The van der Waals surface area contributed by atoms with E-state index < -0.39 is 11.4 Å². The van der Waals surface area contributed by atoms with Crippen LogP contribution >= 0.6 is 11.6 Å². The van der Waals surface area contributed by atoms with Gasteiger partial charge in [-0.05, 0) is 30.4 Å². The largest absolute Gasteiger partial charge is 0.481 e. The fourth-order valence-corrected chi connectivity index (χ4v) is 2.20. The molecule has 0 spiro atoms. The summed E-state index contributed by atoms with van der Waals surface area (Å²) in [6.45, 7) is 0. The monoisotopic (exact) mass is 250 g/mol. The van der Waals surface area contributed by atoms with Gasteiger partial charge in [-0.1, -0.05) is 36.4 Å². The summed E-state index contributed by atoms with van der Waals surface area (Å²) in [6, 6.07) is 7.71. The van der Waals surface area contributed by atoms with Gasteiger partial charge in [-0.15, -0.1) is 11.6 Å². The lowest BCUT2D eigenvalue weighted by Crippen LogP contribution is -2.20. The molecule has 17 heavy (non-hydrogen) atoms. The maximum absolute atomic E-state index is 11.3. The third-order valence-electron chi connectivity index (χ3n) is 3.21. The average Bonchev–Trinajstić information content (AvgIpc) is 3.11. The van der Waals surface area contributed by atoms with E-state index >= 15 is 0 Å². The number of aliphatic carboxylic acids is 1. The summed E-state index contributed by atoms with van der Waals surface area (Å²) in [5.74, 6) is -0.126. The molecule has 2 rings (SSSR count). The van der Waals surface area contributed by atoms with Gasteiger partial charge in [0.2, 0.25) is 0 Å². The Balaban J connectivity index is 2.32. The molecule has 0 bridgehead atoms. The van der Waals surface area contributed by atoms with Crippen molar-refractivity contribution in [3.63, 3.8) is 0 Å². The van der Waals surface area contributed by atoms with Gasteiger partial charge in [0.05, 0.1) is 5.41 Å². The van der Waals surface area contributed by atoms with Crippen molar-refractivity contribution in [3.8, 4) is 0 Å². The number of alkyl halides is 1. The lowest BCUT2D eigenvalue weighted by molar-refractivity contribution is -0.140. The first-order valence-corrected chi connectivity index (χ1v) is 6.29.